The standard InChI is InChI=1S/C43H33F3N6O4S2.ClH/c44-38-14-4-1-11-35(38)41-19-30(22-49-41)25-50(26-31-20-42(36-12-2-5-15-39(36)45)51(28-31)57(53,54)33-9-7-17-47-23-33)27-32-21-43(37-13-3-6-16-40(37)46)52(29-32)58(55,56)34-10-8-18-48-24-34;/h1-24,28-29,49H,25-27H2;1H. The van der Waals surface area contributed by atoms with Gasteiger partial charge in [-0.2, -0.15) is 0 Å². The van der Waals surface area contributed by atoms with E-state index in [-0.39, 0.29) is 64.3 Å². The van der Waals surface area contributed by atoms with Crippen molar-refractivity contribution in [3.8, 4) is 33.8 Å². The summed E-state index contributed by atoms with van der Waals surface area (Å²) in [7, 11) is -8.52. The fourth-order valence-electron chi connectivity index (χ4n) is 6.83. The highest BCUT2D eigenvalue weighted by Crippen LogP contribution is 2.33. The Hall–Kier alpha value is -6.26. The molecule has 5 heterocycles. The van der Waals surface area contributed by atoms with Gasteiger partial charge >= 0.3 is 0 Å². The number of nitrogens with one attached hydrogen (secondary N) is 1. The molecular formula is C43H34ClF3N6O4S2. The Balaban J connectivity index is 0.00000528. The Morgan fingerprint density at radius 3 is 1.39 bits per heavy atom. The number of H-pyrrole nitrogens is 1. The van der Waals surface area contributed by atoms with Crippen molar-refractivity contribution in [3.63, 3.8) is 0 Å². The van der Waals surface area contributed by atoms with Crippen LogP contribution in [0.4, 0.5) is 13.2 Å². The van der Waals surface area contributed by atoms with Crippen LogP contribution in [0, 0.1) is 17.5 Å². The molecule has 300 valence electrons. The van der Waals surface area contributed by atoms with Crippen molar-refractivity contribution in [3.05, 3.63) is 193 Å². The van der Waals surface area contributed by atoms with Gasteiger partial charge in [0.05, 0.1) is 11.4 Å². The van der Waals surface area contributed by atoms with Gasteiger partial charge in [0.25, 0.3) is 20.0 Å². The van der Waals surface area contributed by atoms with Crippen molar-refractivity contribution in [2.45, 2.75) is 29.4 Å². The van der Waals surface area contributed by atoms with Crippen molar-refractivity contribution < 1.29 is 30.0 Å². The first-order valence-corrected chi connectivity index (χ1v) is 20.7. The van der Waals surface area contributed by atoms with Crippen LogP contribution in [0.3, 0.4) is 0 Å². The molecule has 8 rings (SSSR count). The maximum absolute atomic E-state index is 15.3. The van der Waals surface area contributed by atoms with Crippen molar-refractivity contribution >= 4 is 32.5 Å². The summed E-state index contributed by atoms with van der Waals surface area (Å²) in [4.78, 5) is 12.8. The van der Waals surface area contributed by atoms with Crippen molar-refractivity contribution in [2.75, 3.05) is 0 Å². The van der Waals surface area contributed by atoms with Gasteiger partial charge in [-0.1, -0.05) is 36.4 Å². The van der Waals surface area contributed by atoms with Crippen molar-refractivity contribution in [1.29, 1.82) is 0 Å². The molecule has 0 saturated heterocycles. The molecular weight excluding hydrogens is 821 g/mol. The van der Waals surface area contributed by atoms with E-state index in [1.807, 2.05) is 4.90 Å². The first-order chi connectivity index (χ1) is 28.0. The summed E-state index contributed by atoms with van der Waals surface area (Å²) in [6.45, 7) is 0.357. The van der Waals surface area contributed by atoms with E-state index < -0.39 is 37.5 Å². The minimum Gasteiger partial charge on any atom is -0.361 e. The van der Waals surface area contributed by atoms with Crippen LogP contribution in [0.5, 0.6) is 0 Å². The average Bonchev–Trinajstić information content (AvgIpc) is 3.99. The second-order valence-electron chi connectivity index (χ2n) is 13.5. The van der Waals surface area contributed by atoms with Gasteiger partial charge < -0.3 is 4.98 Å². The monoisotopic (exact) mass is 854 g/mol. The van der Waals surface area contributed by atoms with E-state index in [0.29, 0.717) is 22.4 Å². The Kier molecular flexibility index (Phi) is 11.7. The zero-order chi connectivity index (χ0) is 40.4. The number of rotatable bonds is 13. The fraction of sp³-hybridized carbons (Fsp3) is 0.0698. The summed E-state index contributed by atoms with van der Waals surface area (Å²) >= 11 is 0. The lowest BCUT2D eigenvalue weighted by atomic mass is 10.1. The molecule has 0 fully saturated rings. The molecule has 3 aromatic carbocycles. The Morgan fingerprint density at radius 1 is 0.542 bits per heavy atom. The molecule has 0 radical (unpaired) electrons. The summed E-state index contributed by atoms with van der Waals surface area (Å²) in [5.74, 6) is -1.67. The lowest BCUT2D eigenvalue weighted by molar-refractivity contribution is 0.248. The van der Waals surface area contributed by atoms with E-state index in [0.717, 1.165) is 13.5 Å². The second kappa shape index (κ2) is 16.9. The molecule has 0 aliphatic heterocycles. The number of hydrogen-bond acceptors (Lipinski definition) is 7. The molecule has 0 spiro atoms. The zero-order valence-corrected chi connectivity index (χ0v) is 33.3. The highest BCUT2D eigenvalue weighted by atomic mass is 35.5. The van der Waals surface area contributed by atoms with Crippen LogP contribution in [0.2, 0.25) is 0 Å². The zero-order valence-electron chi connectivity index (χ0n) is 30.9. The first-order valence-electron chi connectivity index (χ1n) is 17.9. The molecule has 16 heteroatoms. The van der Waals surface area contributed by atoms with E-state index in [1.165, 1.54) is 104 Å². The third kappa shape index (κ3) is 8.36. The van der Waals surface area contributed by atoms with Crippen LogP contribution in [-0.4, -0.2) is 44.6 Å². The summed E-state index contributed by atoms with van der Waals surface area (Å²) in [5, 5.41) is 0. The third-order valence-corrected chi connectivity index (χ3v) is 12.8. The lowest BCUT2D eigenvalue weighted by Crippen LogP contribution is -2.22. The van der Waals surface area contributed by atoms with Gasteiger partial charge in [0, 0.05) is 85.4 Å². The third-order valence-electron chi connectivity index (χ3n) is 9.49. The molecule has 0 amide bonds. The van der Waals surface area contributed by atoms with Crippen molar-refractivity contribution in [2.24, 2.45) is 0 Å². The van der Waals surface area contributed by atoms with Gasteiger partial charge in [0.2, 0.25) is 0 Å². The largest absolute Gasteiger partial charge is 0.361 e. The highest BCUT2D eigenvalue weighted by Gasteiger charge is 2.27. The van der Waals surface area contributed by atoms with Crippen LogP contribution in [0.25, 0.3) is 33.8 Å². The number of aromatic amines is 1. The quantitative estimate of drug-likeness (QED) is 0.123. The summed E-state index contributed by atoms with van der Waals surface area (Å²) < 4.78 is 104. The van der Waals surface area contributed by atoms with Gasteiger partial charge in [0.1, 0.15) is 27.2 Å². The minimum absolute atomic E-state index is 0. The molecule has 0 saturated carbocycles. The number of nitrogens with zero attached hydrogens (tertiary/aromatic N) is 5. The van der Waals surface area contributed by atoms with Gasteiger partial charge in [0.15, 0.2) is 0 Å². The predicted octanol–water partition coefficient (Wildman–Crippen LogP) is 8.92. The number of pyridine rings is 2. The Morgan fingerprint density at radius 2 is 0.966 bits per heavy atom. The van der Waals surface area contributed by atoms with Crippen LogP contribution < -0.4 is 0 Å². The minimum atomic E-state index is -4.26. The predicted molar refractivity (Wildman–Crippen MR) is 220 cm³/mol. The van der Waals surface area contributed by atoms with E-state index in [4.69, 9.17) is 0 Å². The maximum atomic E-state index is 15.3. The van der Waals surface area contributed by atoms with Crippen LogP contribution in [0.1, 0.15) is 16.7 Å². The molecule has 0 unspecified atom stereocenters. The van der Waals surface area contributed by atoms with Gasteiger partial charge in [-0.25, -0.2) is 38.0 Å². The van der Waals surface area contributed by atoms with Gasteiger partial charge in [-0.15, -0.1) is 12.4 Å². The van der Waals surface area contributed by atoms with Crippen LogP contribution in [-0.2, 0) is 39.7 Å². The molecule has 0 bridgehead atoms. The molecule has 10 nitrogen and oxygen atoms in total. The number of aromatic nitrogens is 5. The van der Waals surface area contributed by atoms with Crippen molar-refractivity contribution in [1.82, 2.24) is 27.8 Å². The highest BCUT2D eigenvalue weighted by molar-refractivity contribution is 7.90. The topological polar surface area (TPSA) is 123 Å². The van der Waals surface area contributed by atoms with E-state index >= 15 is 8.78 Å². The van der Waals surface area contributed by atoms with Gasteiger partial charge in [-0.3, -0.25) is 14.9 Å². The van der Waals surface area contributed by atoms with E-state index in [2.05, 4.69) is 15.0 Å². The molecule has 59 heavy (non-hydrogen) atoms. The smallest absolute Gasteiger partial charge is 0.269 e. The second-order valence-corrected chi connectivity index (χ2v) is 17.1. The molecule has 0 aliphatic rings. The summed E-state index contributed by atoms with van der Waals surface area (Å²) in [5.41, 5.74) is 2.84. The van der Waals surface area contributed by atoms with E-state index in [1.54, 1.807) is 54.7 Å². The molecule has 0 aliphatic carbocycles. The molecule has 8 aromatic rings. The lowest BCUT2D eigenvalue weighted by Gasteiger charge is -2.21. The molecule has 5 aromatic heterocycles. The Labute approximate surface area is 344 Å². The first kappa shape index (κ1) is 40.9. The number of hydrogen-bond donors (Lipinski definition) is 1. The summed E-state index contributed by atoms with van der Waals surface area (Å²) in [6.07, 6.45) is 9.87. The molecule has 0 atom stereocenters. The SMILES string of the molecule is Cl.O=S(=O)(c1cccnc1)n1cc(CN(Cc2c[nH]c(-c3ccccc3F)c2)Cc2cc(-c3ccccc3F)n(S(=O)(=O)c3cccnc3)c2)cc1-c1ccccc1F. The number of benzene rings is 3. The fourth-order valence-corrected chi connectivity index (χ4v) is 9.54. The molecule has 1 N–H and O–H groups in total. The van der Waals surface area contributed by atoms with Crippen LogP contribution >= 0.6 is 12.4 Å². The van der Waals surface area contributed by atoms with E-state index in [9.17, 15) is 21.2 Å². The Bertz CT molecular complexity index is 2820. The number of halogens is 4. The maximum Gasteiger partial charge on any atom is 0.269 e. The van der Waals surface area contributed by atoms with Crippen LogP contribution in [0.15, 0.2) is 168 Å². The normalized spacial score (nSPS) is 11.8. The average molecular weight is 855 g/mol. The van der Waals surface area contributed by atoms with Gasteiger partial charge in [-0.05, 0) is 95.6 Å². The summed E-state index contributed by atoms with van der Waals surface area (Å²) in [6, 6.07) is 28.7.